The van der Waals surface area contributed by atoms with Gasteiger partial charge in [0.1, 0.15) is 5.15 Å². The van der Waals surface area contributed by atoms with Crippen LogP contribution >= 0.6 is 11.6 Å². The minimum atomic E-state index is -0.417. The molecule has 2 rings (SSSR count). The second-order valence-electron chi connectivity index (χ2n) is 3.00. The number of rotatable bonds is 2. The first-order valence-corrected chi connectivity index (χ1v) is 4.76. The number of nitrogens with zero attached hydrogens (tertiary/aromatic N) is 2. The van der Waals surface area contributed by atoms with Gasteiger partial charge >= 0.3 is 0 Å². The van der Waals surface area contributed by atoms with Gasteiger partial charge in [0.05, 0.1) is 17.4 Å². The van der Waals surface area contributed by atoms with Crippen molar-refractivity contribution in [3.63, 3.8) is 0 Å². The number of hydrogen-bond donors (Lipinski definition) is 3. The molecule has 0 spiro atoms. The van der Waals surface area contributed by atoms with Gasteiger partial charge in [-0.2, -0.15) is 0 Å². The summed E-state index contributed by atoms with van der Waals surface area (Å²) in [6, 6.07) is 1.45. The van der Waals surface area contributed by atoms with E-state index in [0.717, 1.165) is 0 Å². The maximum absolute atomic E-state index is 11.7. The van der Waals surface area contributed by atoms with E-state index in [1.807, 2.05) is 0 Å². The number of carbonyl (C=O) groups is 1. The van der Waals surface area contributed by atoms with Crippen molar-refractivity contribution in [2.45, 2.75) is 0 Å². The van der Waals surface area contributed by atoms with Crippen molar-refractivity contribution < 1.29 is 4.79 Å². The molecule has 0 fully saturated rings. The van der Waals surface area contributed by atoms with Gasteiger partial charge in [0.25, 0.3) is 5.91 Å². The highest BCUT2D eigenvalue weighted by Crippen LogP contribution is 2.16. The average Bonchev–Trinajstić information content (AvgIpc) is 2.74. The Labute approximate surface area is 95.9 Å². The lowest BCUT2D eigenvalue weighted by Gasteiger charge is -2.04. The first-order chi connectivity index (χ1) is 7.66. The lowest BCUT2D eigenvalue weighted by atomic mass is 10.2. The Balaban J connectivity index is 2.24. The summed E-state index contributed by atoms with van der Waals surface area (Å²) in [6.07, 6.45) is 4.50. The highest BCUT2D eigenvalue weighted by atomic mass is 35.5. The predicted octanol–water partition coefficient (Wildman–Crippen LogP) is 1.29. The van der Waals surface area contributed by atoms with Gasteiger partial charge in [-0.05, 0) is 6.07 Å². The molecule has 0 aliphatic rings. The fourth-order valence-corrected chi connectivity index (χ4v) is 1.32. The Morgan fingerprint density at radius 2 is 2.31 bits per heavy atom. The molecule has 2 aromatic rings. The maximum Gasteiger partial charge on any atom is 0.261 e. The summed E-state index contributed by atoms with van der Waals surface area (Å²) in [5.74, 6) is -0.0803. The van der Waals surface area contributed by atoms with E-state index >= 15 is 0 Å². The highest BCUT2D eigenvalue weighted by molar-refractivity contribution is 6.33. The lowest BCUT2D eigenvalue weighted by Crippen LogP contribution is -2.14. The third-order valence-electron chi connectivity index (χ3n) is 1.84. The molecule has 82 valence electrons. The van der Waals surface area contributed by atoms with Gasteiger partial charge in [0, 0.05) is 12.4 Å². The molecule has 7 heteroatoms. The summed E-state index contributed by atoms with van der Waals surface area (Å²) in [4.78, 5) is 22.1. The molecule has 2 heterocycles. The van der Waals surface area contributed by atoms with Gasteiger partial charge in [-0.25, -0.2) is 9.97 Å². The molecule has 6 nitrogen and oxygen atoms in total. The SMILES string of the molecule is Nc1cnc(Cl)c(C(=O)Nc2ncc[nH]2)c1. The van der Waals surface area contributed by atoms with Crippen LogP contribution in [0.25, 0.3) is 0 Å². The number of imidazole rings is 1. The number of halogens is 1. The van der Waals surface area contributed by atoms with Crippen LogP contribution in [-0.2, 0) is 0 Å². The lowest BCUT2D eigenvalue weighted by molar-refractivity contribution is 0.102. The molecule has 0 aliphatic heterocycles. The summed E-state index contributed by atoms with van der Waals surface area (Å²) < 4.78 is 0. The molecule has 0 unspecified atom stereocenters. The molecule has 1 amide bonds. The molecule has 16 heavy (non-hydrogen) atoms. The van der Waals surface area contributed by atoms with Crippen molar-refractivity contribution in [2.24, 2.45) is 0 Å². The van der Waals surface area contributed by atoms with Crippen LogP contribution in [-0.4, -0.2) is 20.9 Å². The number of nitrogen functional groups attached to an aromatic ring is 1. The number of carbonyl (C=O) groups excluding carboxylic acids is 1. The van der Waals surface area contributed by atoms with E-state index in [2.05, 4.69) is 20.3 Å². The summed E-state index contributed by atoms with van der Waals surface area (Å²) in [5.41, 5.74) is 6.09. The zero-order chi connectivity index (χ0) is 11.5. The van der Waals surface area contributed by atoms with Crippen molar-refractivity contribution in [1.82, 2.24) is 15.0 Å². The van der Waals surface area contributed by atoms with Crippen LogP contribution in [0.2, 0.25) is 5.15 Å². The quantitative estimate of drug-likeness (QED) is 0.686. The van der Waals surface area contributed by atoms with Crippen LogP contribution in [0.4, 0.5) is 11.6 Å². The number of amides is 1. The number of hydrogen-bond acceptors (Lipinski definition) is 4. The van der Waals surface area contributed by atoms with Crippen molar-refractivity contribution in [3.05, 3.63) is 35.4 Å². The second-order valence-corrected chi connectivity index (χ2v) is 3.36. The normalized spacial score (nSPS) is 10.1. The number of aromatic amines is 1. The monoisotopic (exact) mass is 237 g/mol. The summed E-state index contributed by atoms with van der Waals surface area (Å²) in [6.45, 7) is 0. The van der Waals surface area contributed by atoms with E-state index in [0.29, 0.717) is 11.6 Å². The second kappa shape index (κ2) is 4.19. The molecule has 2 aromatic heterocycles. The van der Waals surface area contributed by atoms with E-state index in [9.17, 15) is 4.79 Å². The molecule has 0 aliphatic carbocycles. The number of nitrogens with two attached hydrogens (primary N) is 1. The molecule has 0 aromatic carbocycles. The number of H-pyrrole nitrogens is 1. The van der Waals surface area contributed by atoms with Crippen LogP contribution in [0, 0.1) is 0 Å². The van der Waals surface area contributed by atoms with Gasteiger partial charge in [0.15, 0.2) is 0 Å². The van der Waals surface area contributed by atoms with Crippen LogP contribution < -0.4 is 11.1 Å². The number of aromatic nitrogens is 3. The van der Waals surface area contributed by atoms with E-state index < -0.39 is 5.91 Å². The minimum absolute atomic E-state index is 0.0956. The van der Waals surface area contributed by atoms with Gasteiger partial charge in [0.2, 0.25) is 5.95 Å². The van der Waals surface area contributed by atoms with Crippen molar-refractivity contribution in [3.8, 4) is 0 Å². The standard InChI is InChI=1S/C9H8ClN5O/c10-7-6(3-5(11)4-14-7)8(16)15-9-12-1-2-13-9/h1-4H,11H2,(H2,12,13,15,16). The fourth-order valence-electron chi connectivity index (χ4n) is 1.13. The summed E-state index contributed by atoms with van der Waals surface area (Å²) >= 11 is 5.77. The van der Waals surface area contributed by atoms with Crippen LogP contribution in [0.5, 0.6) is 0 Å². The smallest absolute Gasteiger partial charge is 0.261 e. The molecule has 4 N–H and O–H groups in total. The van der Waals surface area contributed by atoms with E-state index in [1.54, 1.807) is 6.20 Å². The number of nitrogens with one attached hydrogen (secondary N) is 2. The Bertz CT molecular complexity index is 511. The van der Waals surface area contributed by atoms with Gasteiger partial charge < -0.3 is 10.7 Å². The van der Waals surface area contributed by atoms with Gasteiger partial charge in [-0.15, -0.1) is 0 Å². The van der Waals surface area contributed by atoms with Gasteiger partial charge in [-0.1, -0.05) is 11.6 Å². The first-order valence-electron chi connectivity index (χ1n) is 4.38. The van der Waals surface area contributed by atoms with Gasteiger partial charge in [-0.3, -0.25) is 10.1 Å². The molecular weight excluding hydrogens is 230 g/mol. The third kappa shape index (κ3) is 2.12. The predicted molar refractivity (Wildman–Crippen MR) is 60.2 cm³/mol. The molecule has 0 atom stereocenters. The maximum atomic E-state index is 11.7. The van der Waals surface area contributed by atoms with Crippen LogP contribution in [0.1, 0.15) is 10.4 Å². The third-order valence-corrected chi connectivity index (χ3v) is 2.14. The first kappa shape index (κ1) is 10.4. The largest absolute Gasteiger partial charge is 0.397 e. The fraction of sp³-hybridized carbons (Fsp3) is 0. The topological polar surface area (TPSA) is 96.7 Å². The van der Waals surface area contributed by atoms with E-state index in [-0.39, 0.29) is 10.7 Å². The molecule has 0 saturated heterocycles. The highest BCUT2D eigenvalue weighted by Gasteiger charge is 2.12. The Morgan fingerprint density at radius 3 is 3.00 bits per heavy atom. The Hall–Kier alpha value is -2.08. The summed E-state index contributed by atoms with van der Waals surface area (Å²) in [7, 11) is 0. The Kier molecular flexibility index (Phi) is 2.74. The van der Waals surface area contributed by atoms with E-state index in [1.165, 1.54) is 18.5 Å². The van der Waals surface area contributed by atoms with Crippen molar-refractivity contribution >= 4 is 29.1 Å². The number of pyridine rings is 1. The summed E-state index contributed by atoms with van der Waals surface area (Å²) in [5, 5.41) is 2.62. The average molecular weight is 238 g/mol. The van der Waals surface area contributed by atoms with Crippen molar-refractivity contribution in [2.75, 3.05) is 11.1 Å². The van der Waals surface area contributed by atoms with E-state index in [4.69, 9.17) is 17.3 Å². The molecule has 0 bridgehead atoms. The molecule has 0 radical (unpaired) electrons. The number of anilines is 2. The van der Waals surface area contributed by atoms with Crippen LogP contribution in [0.15, 0.2) is 24.7 Å². The van der Waals surface area contributed by atoms with Crippen LogP contribution in [0.3, 0.4) is 0 Å². The molecule has 0 saturated carbocycles. The van der Waals surface area contributed by atoms with Crippen molar-refractivity contribution in [1.29, 1.82) is 0 Å². The minimum Gasteiger partial charge on any atom is -0.397 e. The molecular formula is C9H8ClN5O. The zero-order valence-corrected chi connectivity index (χ0v) is 8.82. The Morgan fingerprint density at radius 1 is 1.50 bits per heavy atom. The zero-order valence-electron chi connectivity index (χ0n) is 8.07.